The van der Waals surface area contributed by atoms with Crippen LogP contribution in [-0.2, 0) is 32.2 Å². The first-order valence-corrected chi connectivity index (χ1v) is 12.7. The Balaban J connectivity index is 1.72. The van der Waals surface area contributed by atoms with Gasteiger partial charge in [0.1, 0.15) is 5.82 Å². The van der Waals surface area contributed by atoms with Crippen molar-refractivity contribution in [2.45, 2.75) is 30.7 Å². The number of aliphatic hydroxyl groups excluding tert-OH is 3. The normalized spacial score (nSPS) is 24.2. The van der Waals surface area contributed by atoms with Crippen LogP contribution in [0.1, 0.15) is 11.1 Å². The van der Waals surface area contributed by atoms with Gasteiger partial charge in [0.2, 0.25) is 5.75 Å². The minimum atomic E-state index is -4.03. The molecule has 0 aliphatic carbocycles. The van der Waals surface area contributed by atoms with Crippen LogP contribution in [0.4, 0.5) is 4.39 Å². The van der Waals surface area contributed by atoms with E-state index in [4.69, 9.17) is 4.74 Å². The molecule has 18 nitrogen and oxygen atoms in total. The van der Waals surface area contributed by atoms with E-state index in [0.717, 1.165) is 0 Å². The standard InChI is InChI=1S/C25H29FN4O14/c1-9(31)15(32)13-11(8-30(22(13)38)19-21(37)28-23(39)25(42,43)24(19,40)41)20(36)27-6-10-14(26)12(17(34)18(35)16(10)33)7-29-2-4-44-5-3-29/h19,27,31-36,40-43H,1-8H2,(H,28,37,39)/b15-13-,20-11-. The molecular formula is C25H29FN4O14. The summed E-state index contributed by atoms with van der Waals surface area (Å²) < 4.78 is 20.7. The summed E-state index contributed by atoms with van der Waals surface area (Å²) in [6.45, 7) is 2.33. The molecule has 3 heterocycles. The van der Waals surface area contributed by atoms with Gasteiger partial charge in [-0.1, -0.05) is 6.58 Å². The van der Waals surface area contributed by atoms with Gasteiger partial charge >= 0.3 is 5.79 Å². The largest absolute Gasteiger partial charge is 0.505 e. The summed E-state index contributed by atoms with van der Waals surface area (Å²) in [7, 11) is 0. The number of ether oxygens (including phenoxy) is 1. The molecule has 12 N–H and O–H groups in total. The van der Waals surface area contributed by atoms with Crippen molar-refractivity contribution in [3.05, 3.63) is 52.1 Å². The number of phenolic OH excluding ortho intramolecular Hbond substituents is 3. The molecule has 4 rings (SSSR count). The number of aromatic hydroxyl groups is 3. The SMILES string of the molecule is C=C(O)/C(O)=C1/C(=O)N(C2C(=O)NC(=O)C(O)(O)C2(O)O)C/C1=C(/O)NCc1c(O)c(O)c(O)c(CN2CCOCC2)c1F. The first-order chi connectivity index (χ1) is 20.4. The number of phenols is 3. The molecule has 1 aromatic carbocycles. The molecule has 3 aliphatic rings. The number of amides is 3. The lowest BCUT2D eigenvalue weighted by molar-refractivity contribution is -0.355. The zero-order chi connectivity index (χ0) is 32.9. The third-order valence-electron chi connectivity index (χ3n) is 7.38. The number of carbonyl (C=O) groups is 3. The van der Waals surface area contributed by atoms with E-state index in [1.54, 1.807) is 4.90 Å². The Morgan fingerprint density at radius 3 is 2.18 bits per heavy atom. The first-order valence-electron chi connectivity index (χ1n) is 12.7. The number of morpholine rings is 1. The van der Waals surface area contributed by atoms with Gasteiger partial charge < -0.3 is 66.0 Å². The van der Waals surface area contributed by atoms with Crippen LogP contribution in [0.5, 0.6) is 17.2 Å². The van der Waals surface area contributed by atoms with Gasteiger partial charge in [-0.25, -0.2) is 4.39 Å². The van der Waals surface area contributed by atoms with Gasteiger partial charge in [0, 0.05) is 37.3 Å². The summed E-state index contributed by atoms with van der Waals surface area (Å²) >= 11 is 0. The summed E-state index contributed by atoms with van der Waals surface area (Å²) in [5.41, 5.74) is -2.75. The van der Waals surface area contributed by atoms with Crippen molar-refractivity contribution < 1.29 is 74.6 Å². The van der Waals surface area contributed by atoms with Crippen LogP contribution in [0.2, 0.25) is 0 Å². The Bertz CT molecular complexity index is 1500. The van der Waals surface area contributed by atoms with Gasteiger partial charge in [-0.3, -0.25) is 24.6 Å². The van der Waals surface area contributed by atoms with Gasteiger partial charge in [-0.2, -0.15) is 0 Å². The van der Waals surface area contributed by atoms with E-state index in [1.807, 2.05) is 0 Å². The molecule has 240 valence electrons. The van der Waals surface area contributed by atoms with E-state index in [2.05, 4.69) is 11.9 Å². The molecule has 3 amide bonds. The quantitative estimate of drug-likeness (QED) is 0.0464. The molecule has 1 unspecified atom stereocenters. The predicted octanol–water partition coefficient (Wildman–Crippen LogP) is -3.25. The van der Waals surface area contributed by atoms with Crippen molar-refractivity contribution >= 4 is 17.7 Å². The summed E-state index contributed by atoms with van der Waals surface area (Å²) in [6, 6.07) is -2.65. The smallest absolute Gasteiger partial charge is 0.303 e. The molecule has 1 atom stereocenters. The maximum Gasteiger partial charge on any atom is 0.303 e. The van der Waals surface area contributed by atoms with Crippen molar-refractivity contribution in [2.24, 2.45) is 0 Å². The minimum absolute atomic E-state index is 0.203. The maximum atomic E-state index is 15.5. The van der Waals surface area contributed by atoms with Crippen LogP contribution in [-0.4, -0.2) is 129 Å². The molecule has 3 fully saturated rings. The topological polar surface area (TPSA) is 293 Å². The first kappa shape index (κ1) is 32.3. The zero-order valence-corrected chi connectivity index (χ0v) is 22.6. The van der Waals surface area contributed by atoms with Crippen molar-refractivity contribution in [1.29, 1.82) is 0 Å². The number of carbonyl (C=O) groups excluding carboxylic acids is 3. The molecular weight excluding hydrogens is 599 g/mol. The summed E-state index contributed by atoms with van der Waals surface area (Å²) in [6.07, 6.45) is 0. The van der Waals surface area contributed by atoms with Gasteiger partial charge in [0.05, 0.1) is 30.9 Å². The molecule has 3 aliphatic heterocycles. The van der Waals surface area contributed by atoms with E-state index in [9.17, 15) is 65.4 Å². The van der Waals surface area contributed by atoms with Crippen molar-refractivity contribution in [3.63, 3.8) is 0 Å². The lowest BCUT2D eigenvalue weighted by Crippen LogP contribution is -2.79. The Kier molecular flexibility index (Phi) is 8.39. The van der Waals surface area contributed by atoms with Crippen LogP contribution in [0.15, 0.2) is 35.1 Å². The number of nitrogens with one attached hydrogen (secondary N) is 2. The van der Waals surface area contributed by atoms with Gasteiger partial charge in [-0.05, 0) is 0 Å². The molecule has 19 heteroatoms. The summed E-state index contributed by atoms with van der Waals surface area (Å²) in [4.78, 5) is 39.4. The number of likely N-dealkylation sites (tertiary alicyclic amines) is 1. The summed E-state index contributed by atoms with van der Waals surface area (Å²) in [5, 5.41) is 106. The number of imide groups is 1. The number of hydrogen-bond donors (Lipinski definition) is 12. The Morgan fingerprint density at radius 2 is 1.59 bits per heavy atom. The number of aliphatic hydroxyl groups is 7. The van der Waals surface area contributed by atoms with Crippen LogP contribution in [0.3, 0.4) is 0 Å². The Morgan fingerprint density at radius 1 is 1.00 bits per heavy atom. The third kappa shape index (κ3) is 5.20. The number of hydrogen-bond acceptors (Lipinski definition) is 16. The highest BCUT2D eigenvalue weighted by molar-refractivity contribution is 6.09. The predicted molar refractivity (Wildman–Crippen MR) is 138 cm³/mol. The number of rotatable bonds is 7. The average molecular weight is 629 g/mol. The van der Waals surface area contributed by atoms with Crippen molar-refractivity contribution in [2.75, 3.05) is 32.8 Å². The lowest BCUT2D eigenvalue weighted by Gasteiger charge is -2.44. The number of piperidine rings is 1. The highest BCUT2D eigenvalue weighted by Crippen LogP contribution is 2.43. The summed E-state index contributed by atoms with van der Waals surface area (Å²) in [5.74, 6) is -20.9. The van der Waals surface area contributed by atoms with Gasteiger partial charge in [-0.15, -0.1) is 0 Å². The van der Waals surface area contributed by atoms with E-state index >= 15 is 4.39 Å². The van der Waals surface area contributed by atoms with Crippen molar-refractivity contribution in [1.82, 2.24) is 20.4 Å². The van der Waals surface area contributed by atoms with Gasteiger partial charge in [0.25, 0.3) is 23.5 Å². The van der Waals surface area contributed by atoms with Gasteiger partial charge in [0.15, 0.2) is 34.9 Å². The Hall–Kier alpha value is -4.66. The highest BCUT2D eigenvalue weighted by atomic mass is 19.1. The second-order valence-corrected chi connectivity index (χ2v) is 10.1. The van der Waals surface area contributed by atoms with Crippen LogP contribution in [0, 0.1) is 5.82 Å². The van der Waals surface area contributed by atoms with E-state index in [1.165, 1.54) is 5.32 Å². The number of benzene rings is 1. The van der Waals surface area contributed by atoms with E-state index in [-0.39, 0.29) is 11.4 Å². The van der Waals surface area contributed by atoms with Crippen LogP contribution < -0.4 is 10.6 Å². The van der Waals surface area contributed by atoms with Crippen LogP contribution >= 0.6 is 0 Å². The fraction of sp³-hybridized carbons (Fsp3) is 0.400. The lowest BCUT2D eigenvalue weighted by atomic mass is 9.90. The molecule has 1 aromatic rings. The minimum Gasteiger partial charge on any atom is -0.505 e. The molecule has 0 spiro atoms. The number of halogens is 1. The maximum absolute atomic E-state index is 15.5. The van der Waals surface area contributed by atoms with E-state index in [0.29, 0.717) is 26.3 Å². The Labute approximate surface area is 246 Å². The number of nitrogens with zero attached hydrogens (tertiary/aromatic N) is 2. The highest BCUT2D eigenvalue weighted by Gasteiger charge is 2.67. The molecule has 3 saturated heterocycles. The van der Waals surface area contributed by atoms with Crippen LogP contribution in [0.25, 0.3) is 0 Å². The average Bonchev–Trinajstić information content (AvgIpc) is 3.29. The monoisotopic (exact) mass is 628 g/mol. The molecule has 0 bridgehead atoms. The van der Waals surface area contributed by atoms with E-state index < -0.39 is 111 Å². The fourth-order valence-corrected chi connectivity index (χ4v) is 4.91. The van der Waals surface area contributed by atoms with Crippen molar-refractivity contribution in [3.8, 4) is 17.2 Å². The second-order valence-electron chi connectivity index (χ2n) is 10.1. The zero-order valence-electron chi connectivity index (χ0n) is 22.6. The molecule has 0 radical (unpaired) electrons. The second kappa shape index (κ2) is 11.4. The molecule has 0 saturated carbocycles. The molecule has 0 aromatic heterocycles. The third-order valence-corrected chi connectivity index (χ3v) is 7.38. The molecule has 44 heavy (non-hydrogen) atoms. The fourth-order valence-electron chi connectivity index (χ4n) is 4.91.